The van der Waals surface area contributed by atoms with Crippen molar-refractivity contribution in [2.75, 3.05) is 13.2 Å². The maximum Gasteiger partial charge on any atom is 0.165 e. The molecule has 1 atom stereocenters. The maximum atomic E-state index is 13.7. The van der Waals surface area contributed by atoms with E-state index >= 15 is 0 Å². The quantitative estimate of drug-likeness (QED) is 0.820. The van der Waals surface area contributed by atoms with Gasteiger partial charge in [0, 0.05) is 6.04 Å². The van der Waals surface area contributed by atoms with Crippen LogP contribution in [-0.2, 0) is 0 Å². The van der Waals surface area contributed by atoms with Gasteiger partial charge in [0.1, 0.15) is 0 Å². The molecule has 0 radical (unpaired) electrons. The predicted molar refractivity (Wildman–Crippen MR) is 71.9 cm³/mol. The van der Waals surface area contributed by atoms with E-state index in [1.165, 1.54) is 6.07 Å². The van der Waals surface area contributed by atoms with Gasteiger partial charge in [0.25, 0.3) is 0 Å². The van der Waals surface area contributed by atoms with Crippen LogP contribution in [0.1, 0.15) is 38.8 Å². The Labute approximate surface area is 108 Å². The summed E-state index contributed by atoms with van der Waals surface area (Å²) in [5.74, 6) is -0.0955. The molecule has 1 aromatic rings. The zero-order chi connectivity index (χ0) is 13.8. The van der Waals surface area contributed by atoms with Crippen molar-refractivity contribution in [2.24, 2.45) is 16.9 Å². The molecule has 1 aromatic carbocycles. The van der Waals surface area contributed by atoms with E-state index < -0.39 is 0 Å². The molecule has 102 valence electrons. The highest BCUT2D eigenvalue weighted by atomic mass is 19.1. The van der Waals surface area contributed by atoms with Crippen LogP contribution in [0.4, 0.5) is 4.39 Å². The van der Waals surface area contributed by atoms with Gasteiger partial charge in [-0.25, -0.2) is 4.39 Å². The third kappa shape index (κ3) is 3.96. The van der Waals surface area contributed by atoms with E-state index in [4.69, 9.17) is 16.2 Å². The lowest BCUT2D eigenvalue weighted by molar-refractivity contribution is 0.313. The molecular formula is C14H23FN2O. The summed E-state index contributed by atoms with van der Waals surface area (Å²) in [6, 6.07) is 4.67. The zero-order valence-electron chi connectivity index (χ0n) is 11.4. The molecule has 1 rings (SSSR count). The van der Waals surface area contributed by atoms with Crippen LogP contribution in [0, 0.1) is 11.2 Å². The fourth-order valence-electron chi connectivity index (χ4n) is 1.82. The Hall–Kier alpha value is -1.13. The van der Waals surface area contributed by atoms with Crippen molar-refractivity contribution in [3.8, 4) is 5.75 Å². The van der Waals surface area contributed by atoms with Gasteiger partial charge in [0.05, 0.1) is 6.61 Å². The van der Waals surface area contributed by atoms with E-state index in [9.17, 15) is 4.39 Å². The number of hydrogen-bond donors (Lipinski definition) is 2. The molecule has 0 saturated carbocycles. The molecule has 3 nitrogen and oxygen atoms in total. The second-order valence-corrected chi connectivity index (χ2v) is 5.30. The summed E-state index contributed by atoms with van der Waals surface area (Å²) >= 11 is 0. The first-order valence-electron chi connectivity index (χ1n) is 6.27. The lowest BCUT2D eigenvalue weighted by Crippen LogP contribution is -2.28. The molecule has 0 saturated heterocycles. The van der Waals surface area contributed by atoms with E-state index in [2.05, 4.69) is 13.8 Å². The van der Waals surface area contributed by atoms with Gasteiger partial charge in [-0.1, -0.05) is 19.9 Å². The maximum absolute atomic E-state index is 13.7. The molecule has 0 heterocycles. The first-order chi connectivity index (χ1) is 8.39. The van der Waals surface area contributed by atoms with E-state index in [0.717, 1.165) is 12.0 Å². The first-order valence-corrected chi connectivity index (χ1v) is 6.27. The fourth-order valence-corrected chi connectivity index (χ4v) is 1.82. The smallest absolute Gasteiger partial charge is 0.165 e. The van der Waals surface area contributed by atoms with Crippen molar-refractivity contribution >= 4 is 0 Å². The number of rotatable bonds is 6. The Morgan fingerprint density at radius 2 is 2.06 bits per heavy atom. The highest BCUT2D eigenvalue weighted by molar-refractivity contribution is 5.31. The van der Waals surface area contributed by atoms with Crippen LogP contribution in [0.5, 0.6) is 5.75 Å². The lowest BCUT2D eigenvalue weighted by Gasteiger charge is -2.26. The SMILES string of the molecule is CCOc1ccc(C(N)CC(C)(C)CN)cc1F. The first kappa shape index (κ1) is 14.9. The van der Waals surface area contributed by atoms with Gasteiger partial charge in [-0.3, -0.25) is 0 Å². The van der Waals surface area contributed by atoms with Crippen LogP contribution < -0.4 is 16.2 Å². The fraction of sp³-hybridized carbons (Fsp3) is 0.571. The van der Waals surface area contributed by atoms with Crippen molar-refractivity contribution < 1.29 is 9.13 Å². The topological polar surface area (TPSA) is 61.3 Å². The number of halogens is 1. The Morgan fingerprint density at radius 3 is 2.56 bits per heavy atom. The molecule has 0 aliphatic rings. The molecule has 1 unspecified atom stereocenters. The van der Waals surface area contributed by atoms with Gasteiger partial charge < -0.3 is 16.2 Å². The van der Waals surface area contributed by atoms with Crippen molar-refractivity contribution in [1.29, 1.82) is 0 Å². The highest BCUT2D eigenvalue weighted by Crippen LogP contribution is 2.29. The summed E-state index contributed by atoms with van der Waals surface area (Å²) in [5, 5.41) is 0. The average molecular weight is 254 g/mol. The van der Waals surface area contributed by atoms with E-state index in [0.29, 0.717) is 13.2 Å². The van der Waals surface area contributed by atoms with Gasteiger partial charge in [-0.15, -0.1) is 0 Å². The Bertz CT molecular complexity index is 393. The van der Waals surface area contributed by atoms with Crippen molar-refractivity contribution in [1.82, 2.24) is 0 Å². The Morgan fingerprint density at radius 1 is 1.39 bits per heavy atom. The predicted octanol–water partition coefficient (Wildman–Crippen LogP) is 2.60. The molecule has 0 spiro atoms. The van der Waals surface area contributed by atoms with Gasteiger partial charge in [0.2, 0.25) is 0 Å². The summed E-state index contributed by atoms with van der Waals surface area (Å²) < 4.78 is 18.9. The van der Waals surface area contributed by atoms with Crippen LogP contribution in [0.25, 0.3) is 0 Å². The van der Waals surface area contributed by atoms with Crippen molar-refractivity contribution in [3.63, 3.8) is 0 Å². The summed E-state index contributed by atoms with van der Waals surface area (Å²) in [6.45, 7) is 6.93. The summed E-state index contributed by atoms with van der Waals surface area (Å²) in [5.41, 5.74) is 12.5. The van der Waals surface area contributed by atoms with Crippen LogP contribution >= 0.6 is 0 Å². The van der Waals surface area contributed by atoms with Crippen LogP contribution in [0.2, 0.25) is 0 Å². The van der Waals surface area contributed by atoms with E-state index in [1.54, 1.807) is 6.07 Å². The average Bonchev–Trinajstić information content (AvgIpc) is 2.31. The second kappa shape index (κ2) is 6.16. The summed E-state index contributed by atoms with van der Waals surface area (Å²) in [6.07, 6.45) is 0.719. The molecule has 0 aliphatic heterocycles. The highest BCUT2D eigenvalue weighted by Gasteiger charge is 2.21. The lowest BCUT2D eigenvalue weighted by atomic mass is 9.84. The molecule has 0 fully saturated rings. The molecule has 4 heteroatoms. The minimum Gasteiger partial charge on any atom is -0.491 e. The van der Waals surface area contributed by atoms with Crippen LogP contribution in [-0.4, -0.2) is 13.2 Å². The molecule has 0 amide bonds. The number of nitrogens with two attached hydrogens (primary N) is 2. The molecule has 18 heavy (non-hydrogen) atoms. The normalized spacial score (nSPS) is 13.4. The number of ether oxygens (including phenoxy) is 1. The summed E-state index contributed by atoms with van der Waals surface area (Å²) in [4.78, 5) is 0. The van der Waals surface area contributed by atoms with Gasteiger partial charge in [-0.05, 0) is 43.0 Å². The standard InChI is InChI=1S/C14H23FN2O/c1-4-18-13-6-5-10(7-11(13)15)12(17)8-14(2,3)9-16/h5-7,12H,4,8-9,16-17H2,1-3H3. The third-order valence-electron chi connectivity index (χ3n) is 3.01. The number of benzene rings is 1. The second-order valence-electron chi connectivity index (χ2n) is 5.30. The van der Waals surface area contributed by atoms with Gasteiger partial charge in [0.15, 0.2) is 11.6 Å². The van der Waals surface area contributed by atoms with Crippen LogP contribution in [0.15, 0.2) is 18.2 Å². The molecule has 0 aliphatic carbocycles. The minimum absolute atomic E-state index is 0.0471. The molecule has 4 N–H and O–H groups in total. The Balaban J connectivity index is 2.81. The van der Waals surface area contributed by atoms with E-state index in [1.807, 2.05) is 13.0 Å². The van der Waals surface area contributed by atoms with E-state index in [-0.39, 0.29) is 23.0 Å². The van der Waals surface area contributed by atoms with Gasteiger partial charge in [-0.2, -0.15) is 0 Å². The van der Waals surface area contributed by atoms with Crippen molar-refractivity contribution in [3.05, 3.63) is 29.6 Å². The zero-order valence-corrected chi connectivity index (χ0v) is 11.4. The summed E-state index contributed by atoms with van der Waals surface area (Å²) in [7, 11) is 0. The molecule has 0 aromatic heterocycles. The largest absolute Gasteiger partial charge is 0.491 e. The number of hydrogen-bond acceptors (Lipinski definition) is 3. The van der Waals surface area contributed by atoms with Crippen molar-refractivity contribution in [2.45, 2.75) is 33.2 Å². The third-order valence-corrected chi connectivity index (χ3v) is 3.01. The Kier molecular flexibility index (Phi) is 5.11. The van der Waals surface area contributed by atoms with Gasteiger partial charge >= 0.3 is 0 Å². The molecule has 0 bridgehead atoms. The van der Waals surface area contributed by atoms with Crippen LogP contribution in [0.3, 0.4) is 0 Å². The minimum atomic E-state index is -0.365. The molecular weight excluding hydrogens is 231 g/mol. The monoisotopic (exact) mass is 254 g/mol.